The van der Waals surface area contributed by atoms with E-state index < -0.39 is 0 Å². The zero-order chi connectivity index (χ0) is 13.7. The Morgan fingerprint density at radius 1 is 1.05 bits per heavy atom. The van der Waals surface area contributed by atoms with Gasteiger partial charge < -0.3 is 10.5 Å². The molecule has 0 unspecified atom stereocenters. The maximum atomic E-state index is 12.0. The van der Waals surface area contributed by atoms with Gasteiger partial charge in [-0.2, -0.15) is 0 Å². The number of nitrogens with zero attached hydrogens (tertiary/aromatic N) is 1. The largest absolute Gasteiger partial charge is 0.411 e. The van der Waals surface area contributed by atoms with Crippen molar-refractivity contribution in [2.24, 2.45) is 5.16 Å². The number of anilines is 1. The lowest BCUT2D eigenvalue weighted by molar-refractivity contribution is 0.102. The van der Waals surface area contributed by atoms with Crippen LogP contribution in [0, 0.1) is 0 Å². The van der Waals surface area contributed by atoms with Gasteiger partial charge in [-0.1, -0.05) is 35.5 Å². The minimum atomic E-state index is -0.170. The molecule has 4 nitrogen and oxygen atoms in total. The third kappa shape index (κ3) is 3.19. The molecule has 0 heterocycles. The molecule has 0 bridgehead atoms. The van der Waals surface area contributed by atoms with Crippen molar-refractivity contribution in [1.82, 2.24) is 0 Å². The summed E-state index contributed by atoms with van der Waals surface area (Å²) in [4.78, 5) is 12.0. The maximum Gasteiger partial charge on any atom is 0.255 e. The molecule has 0 spiro atoms. The molecule has 19 heavy (non-hydrogen) atoms. The van der Waals surface area contributed by atoms with Crippen LogP contribution in [0.15, 0.2) is 59.8 Å². The van der Waals surface area contributed by atoms with Crippen LogP contribution in [0.1, 0.15) is 22.8 Å². The quantitative estimate of drug-likeness (QED) is 0.502. The van der Waals surface area contributed by atoms with Gasteiger partial charge >= 0.3 is 0 Å². The summed E-state index contributed by atoms with van der Waals surface area (Å²) in [6, 6.07) is 16.1. The molecule has 2 rings (SSSR count). The van der Waals surface area contributed by atoms with E-state index in [2.05, 4.69) is 10.5 Å². The zero-order valence-electron chi connectivity index (χ0n) is 10.5. The summed E-state index contributed by atoms with van der Waals surface area (Å²) in [7, 11) is 0. The minimum absolute atomic E-state index is 0.170. The van der Waals surface area contributed by atoms with E-state index in [1.54, 1.807) is 37.3 Å². The third-order valence-corrected chi connectivity index (χ3v) is 2.72. The Kier molecular flexibility index (Phi) is 3.93. The van der Waals surface area contributed by atoms with Crippen molar-refractivity contribution in [3.05, 3.63) is 65.7 Å². The SMILES string of the molecule is CC(=NO)c1cccc(NC(=O)c2ccccc2)c1. The predicted octanol–water partition coefficient (Wildman–Crippen LogP) is 3.14. The molecule has 2 aromatic carbocycles. The highest BCUT2D eigenvalue weighted by atomic mass is 16.4. The van der Waals surface area contributed by atoms with Gasteiger partial charge in [-0.3, -0.25) is 4.79 Å². The highest BCUT2D eigenvalue weighted by Crippen LogP contribution is 2.13. The van der Waals surface area contributed by atoms with Gasteiger partial charge in [-0.15, -0.1) is 0 Å². The van der Waals surface area contributed by atoms with E-state index in [4.69, 9.17) is 5.21 Å². The van der Waals surface area contributed by atoms with E-state index in [0.29, 0.717) is 17.0 Å². The average molecular weight is 254 g/mol. The maximum absolute atomic E-state index is 12.0. The fourth-order valence-corrected chi connectivity index (χ4v) is 1.67. The van der Waals surface area contributed by atoms with Crippen LogP contribution >= 0.6 is 0 Å². The van der Waals surface area contributed by atoms with E-state index in [1.165, 1.54) is 0 Å². The van der Waals surface area contributed by atoms with Gasteiger partial charge in [0.25, 0.3) is 5.91 Å². The molecule has 0 aromatic heterocycles. The fourth-order valence-electron chi connectivity index (χ4n) is 1.67. The number of hydrogen-bond acceptors (Lipinski definition) is 3. The molecule has 4 heteroatoms. The Balaban J connectivity index is 2.18. The van der Waals surface area contributed by atoms with Gasteiger partial charge in [0.2, 0.25) is 0 Å². The zero-order valence-corrected chi connectivity index (χ0v) is 10.5. The topological polar surface area (TPSA) is 61.7 Å². The van der Waals surface area contributed by atoms with E-state index >= 15 is 0 Å². The molecular weight excluding hydrogens is 240 g/mol. The lowest BCUT2D eigenvalue weighted by Gasteiger charge is -2.07. The van der Waals surface area contributed by atoms with Crippen LogP contribution in [0.25, 0.3) is 0 Å². The Bertz CT molecular complexity index is 607. The molecule has 1 amide bonds. The molecule has 0 radical (unpaired) electrons. The van der Waals surface area contributed by atoms with E-state index in [9.17, 15) is 4.79 Å². The van der Waals surface area contributed by atoms with Crippen LogP contribution in [-0.2, 0) is 0 Å². The first-order valence-corrected chi connectivity index (χ1v) is 5.86. The number of carbonyl (C=O) groups excluding carboxylic acids is 1. The normalized spacial score (nSPS) is 11.1. The molecule has 0 aliphatic rings. The Hall–Kier alpha value is -2.62. The van der Waals surface area contributed by atoms with E-state index in [-0.39, 0.29) is 5.91 Å². The molecule has 0 saturated carbocycles. The molecule has 96 valence electrons. The van der Waals surface area contributed by atoms with Gasteiger partial charge in [0.1, 0.15) is 0 Å². The molecule has 0 saturated heterocycles. The van der Waals surface area contributed by atoms with Gasteiger partial charge in [0.05, 0.1) is 5.71 Å². The standard InChI is InChI=1S/C15H14N2O2/c1-11(17-19)13-8-5-9-14(10-13)16-15(18)12-6-3-2-4-7-12/h2-10,19H,1H3,(H,16,18). The summed E-state index contributed by atoms with van der Waals surface area (Å²) < 4.78 is 0. The van der Waals surface area contributed by atoms with Crippen LogP contribution in [-0.4, -0.2) is 16.8 Å². The highest BCUT2D eigenvalue weighted by molar-refractivity contribution is 6.05. The first kappa shape index (κ1) is 12.8. The van der Waals surface area contributed by atoms with E-state index in [0.717, 1.165) is 5.56 Å². The average Bonchev–Trinajstić information content (AvgIpc) is 2.47. The predicted molar refractivity (Wildman–Crippen MR) is 74.8 cm³/mol. The number of rotatable bonds is 3. The summed E-state index contributed by atoms with van der Waals surface area (Å²) in [6.07, 6.45) is 0. The minimum Gasteiger partial charge on any atom is -0.411 e. The van der Waals surface area contributed by atoms with Crippen molar-refractivity contribution >= 4 is 17.3 Å². The number of hydrogen-bond donors (Lipinski definition) is 2. The smallest absolute Gasteiger partial charge is 0.255 e. The van der Waals surface area contributed by atoms with E-state index in [1.807, 2.05) is 24.3 Å². The first-order valence-electron chi connectivity index (χ1n) is 5.86. The lowest BCUT2D eigenvalue weighted by atomic mass is 10.1. The molecule has 0 aliphatic carbocycles. The van der Waals surface area contributed by atoms with Crippen LogP contribution < -0.4 is 5.32 Å². The highest BCUT2D eigenvalue weighted by Gasteiger charge is 2.06. The monoisotopic (exact) mass is 254 g/mol. The molecule has 0 aliphatic heterocycles. The number of amides is 1. The lowest BCUT2D eigenvalue weighted by Crippen LogP contribution is -2.12. The molecule has 2 aromatic rings. The van der Waals surface area contributed by atoms with Crippen molar-refractivity contribution in [3.63, 3.8) is 0 Å². The van der Waals surface area contributed by atoms with Crippen molar-refractivity contribution in [2.45, 2.75) is 6.92 Å². The van der Waals surface area contributed by atoms with Crippen LogP contribution in [0.4, 0.5) is 5.69 Å². The first-order chi connectivity index (χ1) is 9.20. The molecule has 0 atom stereocenters. The summed E-state index contributed by atoms with van der Waals surface area (Å²) >= 11 is 0. The summed E-state index contributed by atoms with van der Waals surface area (Å²) in [5.41, 5.74) is 2.51. The van der Waals surface area contributed by atoms with Gasteiger partial charge in [-0.25, -0.2) is 0 Å². The summed E-state index contributed by atoms with van der Waals surface area (Å²) in [5.74, 6) is -0.170. The summed E-state index contributed by atoms with van der Waals surface area (Å²) in [6.45, 7) is 1.69. The molecular formula is C15H14N2O2. The van der Waals surface area contributed by atoms with Crippen LogP contribution in [0.5, 0.6) is 0 Å². The second kappa shape index (κ2) is 5.82. The van der Waals surface area contributed by atoms with Crippen LogP contribution in [0.3, 0.4) is 0 Å². The number of oxime groups is 1. The van der Waals surface area contributed by atoms with Gasteiger partial charge in [0.15, 0.2) is 0 Å². The summed E-state index contributed by atoms with van der Waals surface area (Å²) in [5, 5.41) is 14.7. The van der Waals surface area contributed by atoms with Crippen molar-refractivity contribution < 1.29 is 10.0 Å². The Morgan fingerprint density at radius 2 is 1.74 bits per heavy atom. The van der Waals surface area contributed by atoms with Crippen LogP contribution in [0.2, 0.25) is 0 Å². The number of benzene rings is 2. The second-order valence-electron chi connectivity index (χ2n) is 4.09. The number of carbonyl (C=O) groups is 1. The molecule has 0 fully saturated rings. The Labute approximate surface area is 111 Å². The second-order valence-corrected chi connectivity index (χ2v) is 4.09. The third-order valence-electron chi connectivity index (χ3n) is 2.72. The van der Waals surface area contributed by atoms with Gasteiger partial charge in [0, 0.05) is 16.8 Å². The number of nitrogens with one attached hydrogen (secondary N) is 1. The fraction of sp³-hybridized carbons (Fsp3) is 0.0667. The Morgan fingerprint density at radius 3 is 2.42 bits per heavy atom. The van der Waals surface area contributed by atoms with Crippen molar-refractivity contribution in [2.75, 3.05) is 5.32 Å². The van der Waals surface area contributed by atoms with Gasteiger partial charge in [-0.05, 0) is 31.2 Å². The molecule has 2 N–H and O–H groups in total. The van der Waals surface area contributed by atoms with Crippen molar-refractivity contribution in [3.8, 4) is 0 Å². The van der Waals surface area contributed by atoms with Crippen molar-refractivity contribution in [1.29, 1.82) is 0 Å².